The predicted octanol–water partition coefficient (Wildman–Crippen LogP) is 20.5. The first kappa shape index (κ1) is 47.0. The van der Waals surface area contributed by atoms with Gasteiger partial charge in [-0.2, -0.15) is 0 Å². The normalized spacial score (nSPS) is 11.7. The Bertz CT molecular complexity index is 4870. The molecule has 0 radical (unpaired) electrons. The summed E-state index contributed by atoms with van der Waals surface area (Å²) in [6.07, 6.45) is 0. The molecule has 0 bridgehead atoms. The summed E-state index contributed by atoms with van der Waals surface area (Å²) in [5.74, 6) is 1.73. The summed E-state index contributed by atoms with van der Waals surface area (Å²) in [5.41, 5.74) is 18.9. The Hall–Kier alpha value is -11.0. The number of hydrogen-bond donors (Lipinski definition) is 0. The molecule has 3 aromatic heterocycles. The van der Waals surface area contributed by atoms with Crippen molar-refractivity contribution in [3.63, 3.8) is 0 Å². The highest BCUT2D eigenvalue weighted by molar-refractivity contribution is 6.17. The molecule has 0 atom stereocenters. The number of furan rings is 1. The summed E-state index contributed by atoms with van der Waals surface area (Å²) in [7, 11) is 0. The molecule has 382 valence electrons. The molecule has 82 heavy (non-hydrogen) atoms. The molecule has 0 aliphatic rings. The SMILES string of the molecule is c1ccc(-c2ccc(-c3ccc(-c4nc(-c5ccc(-c6ccc(-c7ccccc7)cc6)cc5)nc(-c5ccc(-n6c7cc8ccccc8cc7c7cc8ccccc8cc76)cc5-c5ccc6oc7ccccc7c6c5)n4)cc3)cc2)cc1. The van der Waals surface area contributed by atoms with Gasteiger partial charge in [0.2, 0.25) is 0 Å². The maximum absolute atomic E-state index is 6.42. The maximum Gasteiger partial charge on any atom is 0.164 e. The maximum atomic E-state index is 6.42. The molecule has 0 fully saturated rings. The Morgan fingerprint density at radius 2 is 0.610 bits per heavy atom. The van der Waals surface area contributed by atoms with Gasteiger partial charge in [-0.05, 0) is 138 Å². The van der Waals surface area contributed by atoms with Crippen LogP contribution in [0.15, 0.2) is 296 Å². The fourth-order valence-electron chi connectivity index (χ4n) is 12.0. The van der Waals surface area contributed by atoms with E-state index in [9.17, 15) is 0 Å². The first-order valence-corrected chi connectivity index (χ1v) is 27.8. The predicted molar refractivity (Wildman–Crippen MR) is 340 cm³/mol. The van der Waals surface area contributed by atoms with Crippen molar-refractivity contribution in [2.75, 3.05) is 0 Å². The molecule has 13 aromatic carbocycles. The zero-order valence-electron chi connectivity index (χ0n) is 44.4. The zero-order valence-corrected chi connectivity index (χ0v) is 44.4. The van der Waals surface area contributed by atoms with E-state index in [1.54, 1.807) is 0 Å². The van der Waals surface area contributed by atoms with E-state index >= 15 is 0 Å². The van der Waals surface area contributed by atoms with Gasteiger partial charge in [0.25, 0.3) is 0 Å². The third-order valence-corrected chi connectivity index (χ3v) is 16.3. The van der Waals surface area contributed by atoms with Crippen molar-refractivity contribution in [2.45, 2.75) is 0 Å². The highest BCUT2D eigenvalue weighted by Crippen LogP contribution is 2.42. The Labute approximate surface area is 473 Å². The van der Waals surface area contributed by atoms with E-state index in [-0.39, 0.29) is 0 Å². The Morgan fingerprint density at radius 1 is 0.232 bits per heavy atom. The summed E-state index contributed by atoms with van der Waals surface area (Å²) in [6.45, 7) is 0. The zero-order chi connectivity index (χ0) is 54.1. The number of fused-ring (bicyclic) bond motifs is 8. The molecule has 16 rings (SSSR count). The van der Waals surface area contributed by atoms with Crippen molar-refractivity contribution >= 4 is 65.3 Å². The molecular formula is C77H48N4O. The van der Waals surface area contributed by atoms with Crippen LogP contribution in [0.25, 0.3) is 161 Å². The number of aromatic nitrogens is 4. The van der Waals surface area contributed by atoms with Crippen LogP contribution >= 0.6 is 0 Å². The molecule has 5 nitrogen and oxygen atoms in total. The summed E-state index contributed by atoms with van der Waals surface area (Å²) < 4.78 is 8.85. The minimum atomic E-state index is 0.569. The van der Waals surface area contributed by atoms with Crippen LogP contribution in [-0.4, -0.2) is 19.5 Å². The molecule has 0 saturated carbocycles. The number of rotatable bonds is 9. The van der Waals surface area contributed by atoms with Crippen LogP contribution in [0, 0.1) is 0 Å². The lowest BCUT2D eigenvalue weighted by atomic mass is 9.96. The third kappa shape index (κ3) is 8.30. The Balaban J connectivity index is 0.877. The molecule has 5 heteroatoms. The average molecular weight is 1050 g/mol. The number of nitrogens with zero attached hydrogens (tertiary/aromatic N) is 4. The molecular weight excluding hydrogens is 997 g/mol. The van der Waals surface area contributed by atoms with Gasteiger partial charge in [-0.1, -0.05) is 231 Å². The van der Waals surface area contributed by atoms with Crippen LogP contribution in [0.1, 0.15) is 0 Å². The van der Waals surface area contributed by atoms with E-state index < -0.39 is 0 Å². The van der Waals surface area contributed by atoms with E-state index in [2.05, 4.69) is 284 Å². The second-order valence-electron chi connectivity index (χ2n) is 21.2. The van der Waals surface area contributed by atoms with Crippen LogP contribution in [0.5, 0.6) is 0 Å². The quantitative estimate of drug-likeness (QED) is 0.145. The van der Waals surface area contributed by atoms with Crippen molar-refractivity contribution < 1.29 is 4.42 Å². The minimum Gasteiger partial charge on any atom is -0.456 e. The van der Waals surface area contributed by atoms with Crippen molar-refractivity contribution in [3.05, 3.63) is 291 Å². The van der Waals surface area contributed by atoms with Gasteiger partial charge in [0, 0.05) is 43.9 Å². The Kier molecular flexibility index (Phi) is 11.1. The van der Waals surface area contributed by atoms with Crippen molar-refractivity contribution in [3.8, 4) is 95.5 Å². The van der Waals surface area contributed by atoms with Gasteiger partial charge in [-0.3, -0.25) is 0 Å². The second kappa shape index (κ2) is 19.4. The summed E-state index contributed by atoms with van der Waals surface area (Å²) in [5, 5.41) is 9.30. The van der Waals surface area contributed by atoms with Crippen molar-refractivity contribution in [2.24, 2.45) is 0 Å². The van der Waals surface area contributed by atoms with Gasteiger partial charge in [-0.25, -0.2) is 15.0 Å². The summed E-state index contributed by atoms with van der Waals surface area (Å²) in [6, 6.07) is 104. The van der Waals surface area contributed by atoms with Gasteiger partial charge >= 0.3 is 0 Å². The topological polar surface area (TPSA) is 56.7 Å². The smallest absolute Gasteiger partial charge is 0.164 e. The summed E-state index contributed by atoms with van der Waals surface area (Å²) >= 11 is 0. The first-order valence-electron chi connectivity index (χ1n) is 27.8. The van der Waals surface area contributed by atoms with Gasteiger partial charge in [-0.15, -0.1) is 0 Å². The van der Waals surface area contributed by atoms with Gasteiger partial charge in [0.05, 0.1) is 11.0 Å². The molecule has 16 aromatic rings. The van der Waals surface area contributed by atoms with Crippen LogP contribution in [0.3, 0.4) is 0 Å². The molecule has 0 aliphatic carbocycles. The van der Waals surface area contributed by atoms with E-state index in [4.69, 9.17) is 19.4 Å². The lowest BCUT2D eigenvalue weighted by molar-refractivity contribution is 0.669. The van der Waals surface area contributed by atoms with Crippen LogP contribution < -0.4 is 0 Å². The summed E-state index contributed by atoms with van der Waals surface area (Å²) in [4.78, 5) is 16.2. The standard InChI is InChI=1S/C77H48N4O/c1-3-13-49(14-4-1)51-23-27-53(28-24-51)55-31-35-57(36-32-55)75-78-76(58-37-33-56(34-38-58)54-29-25-52(26-30-54)50-15-5-2-6-16-50)80-77(79-75)66-41-40-64(48-67(66)63-39-42-74-70(45-63)65-21-11-12-22-73(65)82-74)81-71-46-61-19-9-7-17-59(61)43-68(71)69-44-60-18-8-10-20-62(60)47-72(69)81/h1-48H. The molecule has 0 amide bonds. The van der Waals surface area contributed by atoms with E-state index in [1.165, 1.54) is 54.6 Å². The molecule has 0 aliphatic heterocycles. The van der Waals surface area contributed by atoms with E-state index in [1.807, 2.05) is 12.1 Å². The van der Waals surface area contributed by atoms with Crippen LogP contribution in [-0.2, 0) is 0 Å². The third-order valence-electron chi connectivity index (χ3n) is 16.3. The lowest BCUT2D eigenvalue weighted by Gasteiger charge is -2.16. The minimum absolute atomic E-state index is 0.569. The van der Waals surface area contributed by atoms with E-state index in [0.717, 1.165) is 88.7 Å². The van der Waals surface area contributed by atoms with Crippen LogP contribution in [0.4, 0.5) is 0 Å². The molecule has 0 N–H and O–H groups in total. The number of benzene rings is 13. The van der Waals surface area contributed by atoms with Crippen molar-refractivity contribution in [1.82, 2.24) is 19.5 Å². The Morgan fingerprint density at radius 3 is 1.10 bits per heavy atom. The molecule has 3 heterocycles. The monoisotopic (exact) mass is 1040 g/mol. The second-order valence-corrected chi connectivity index (χ2v) is 21.2. The number of para-hydroxylation sites is 1. The highest BCUT2D eigenvalue weighted by Gasteiger charge is 2.21. The van der Waals surface area contributed by atoms with E-state index in [0.29, 0.717) is 17.5 Å². The fraction of sp³-hybridized carbons (Fsp3) is 0. The average Bonchev–Trinajstić information content (AvgIpc) is 3.90. The lowest BCUT2D eigenvalue weighted by Crippen LogP contribution is -2.02. The fourth-order valence-corrected chi connectivity index (χ4v) is 12.0. The first-order chi connectivity index (χ1) is 40.6. The van der Waals surface area contributed by atoms with Gasteiger partial charge < -0.3 is 8.98 Å². The highest BCUT2D eigenvalue weighted by atomic mass is 16.3. The molecule has 0 saturated heterocycles. The van der Waals surface area contributed by atoms with Gasteiger partial charge in [0.15, 0.2) is 17.5 Å². The van der Waals surface area contributed by atoms with Gasteiger partial charge in [0.1, 0.15) is 11.2 Å². The largest absolute Gasteiger partial charge is 0.456 e. The van der Waals surface area contributed by atoms with Crippen molar-refractivity contribution in [1.29, 1.82) is 0 Å². The molecule has 0 unspecified atom stereocenters. The van der Waals surface area contributed by atoms with Crippen LogP contribution in [0.2, 0.25) is 0 Å². The number of hydrogen-bond acceptors (Lipinski definition) is 4. The molecule has 0 spiro atoms.